The molecule has 0 amide bonds. The Balaban J connectivity index is 1.52. The van der Waals surface area contributed by atoms with Gasteiger partial charge in [0.2, 0.25) is 5.69 Å². The van der Waals surface area contributed by atoms with Crippen molar-refractivity contribution < 1.29 is 4.57 Å². The first-order valence-electron chi connectivity index (χ1n) is 11.5. The van der Waals surface area contributed by atoms with Crippen LogP contribution in [0.4, 0.5) is 0 Å². The molecule has 2 aromatic carbocycles. The van der Waals surface area contributed by atoms with Gasteiger partial charge in [0.25, 0.3) is 0 Å². The molecule has 0 atom stereocenters. The molecule has 5 rings (SSSR count). The van der Waals surface area contributed by atoms with E-state index in [9.17, 15) is 0 Å². The SMILES string of the molecule is Cc1cc(C)c(C)c(-c2cc3ccc(-c4ccc(C5CCCC5)cn4)cc3c[n+]2C)c1. The second kappa shape index (κ2) is 7.92. The summed E-state index contributed by atoms with van der Waals surface area (Å²) in [5, 5.41) is 2.51. The van der Waals surface area contributed by atoms with Gasteiger partial charge in [-0.3, -0.25) is 4.98 Å². The predicted octanol–water partition coefficient (Wildman–Crippen LogP) is 6.98. The molecule has 0 bridgehead atoms. The highest BCUT2D eigenvalue weighted by Gasteiger charge is 2.18. The highest BCUT2D eigenvalue weighted by atomic mass is 14.9. The van der Waals surface area contributed by atoms with Crippen molar-refractivity contribution >= 4 is 10.8 Å². The van der Waals surface area contributed by atoms with Crippen LogP contribution in [0.15, 0.2) is 60.9 Å². The third kappa shape index (κ3) is 3.76. The highest BCUT2D eigenvalue weighted by molar-refractivity contribution is 5.88. The van der Waals surface area contributed by atoms with Gasteiger partial charge in [0.05, 0.1) is 5.69 Å². The quantitative estimate of drug-likeness (QED) is 0.335. The average Bonchev–Trinajstić information content (AvgIpc) is 3.31. The van der Waals surface area contributed by atoms with E-state index in [1.165, 1.54) is 75.5 Å². The molecule has 2 heteroatoms. The minimum Gasteiger partial charge on any atom is -0.256 e. The third-order valence-electron chi connectivity index (χ3n) is 7.09. The number of rotatable bonds is 3. The molecular weight excluding hydrogens is 376 g/mol. The fraction of sp³-hybridized carbons (Fsp3) is 0.310. The van der Waals surface area contributed by atoms with Crippen LogP contribution in [0.1, 0.15) is 53.9 Å². The Morgan fingerprint density at radius 1 is 0.871 bits per heavy atom. The van der Waals surface area contributed by atoms with Crippen LogP contribution in [0.5, 0.6) is 0 Å². The molecule has 0 saturated heterocycles. The van der Waals surface area contributed by atoms with E-state index in [-0.39, 0.29) is 0 Å². The number of nitrogens with zero attached hydrogens (tertiary/aromatic N) is 2. The summed E-state index contributed by atoms with van der Waals surface area (Å²) >= 11 is 0. The van der Waals surface area contributed by atoms with Crippen molar-refractivity contribution in [1.82, 2.24) is 4.98 Å². The van der Waals surface area contributed by atoms with E-state index in [2.05, 4.69) is 93.3 Å². The van der Waals surface area contributed by atoms with Crippen LogP contribution in [0.25, 0.3) is 33.3 Å². The smallest absolute Gasteiger partial charge is 0.213 e. The summed E-state index contributed by atoms with van der Waals surface area (Å²) in [6, 6.07) is 18.1. The molecule has 1 fully saturated rings. The Labute approximate surface area is 185 Å². The van der Waals surface area contributed by atoms with Gasteiger partial charge >= 0.3 is 0 Å². The molecule has 156 valence electrons. The zero-order valence-corrected chi connectivity index (χ0v) is 19.1. The summed E-state index contributed by atoms with van der Waals surface area (Å²) in [7, 11) is 2.15. The lowest BCUT2D eigenvalue weighted by Crippen LogP contribution is -2.30. The van der Waals surface area contributed by atoms with Crippen LogP contribution < -0.4 is 4.57 Å². The molecule has 0 N–H and O–H groups in total. The van der Waals surface area contributed by atoms with Crippen LogP contribution >= 0.6 is 0 Å². The van der Waals surface area contributed by atoms with Crippen molar-refractivity contribution in [2.45, 2.75) is 52.4 Å². The van der Waals surface area contributed by atoms with E-state index < -0.39 is 0 Å². The van der Waals surface area contributed by atoms with E-state index in [0.29, 0.717) is 5.92 Å². The lowest BCUT2D eigenvalue weighted by atomic mass is 9.96. The van der Waals surface area contributed by atoms with Crippen molar-refractivity contribution in [3.8, 4) is 22.5 Å². The minimum absolute atomic E-state index is 0.712. The number of aryl methyl sites for hydroxylation is 3. The van der Waals surface area contributed by atoms with Gasteiger partial charge in [0.15, 0.2) is 6.20 Å². The van der Waals surface area contributed by atoms with E-state index in [0.717, 1.165) is 5.69 Å². The van der Waals surface area contributed by atoms with Crippen LogP contribution in [-0.4, -0.2) is 4.98 Å². The fourth-order valence-electron chi connectivity index (χ4n) is 5.15. The maximum absolute atomic E-state index is 4.81. The first kappa shape index (κ1) is 19.9. The summed E-state index contributed by atoms with van der Waals surface area (Å²) in [5.41, 5.74) is 10.2. The fourth-order valence-corrected chi connectivity index (χ4v) is 5.15. The third-order valence-corrected chi connectivity index (χ3v) is 7.09. The van der Waals surface area contributed by atoms with E-state index in [4.69, 9.17) is 4.98 Å². The Hall–Kier alpha value is -3.00. The average molecular weight is 408 g/mol. The van der Waals surface area contributed by atoms with Crippen molar-refractivity contribution in [2.75, 3.05) is 0 Å². The number of benzene rings is 2. The molecule has 0 spiro atoms. The van der Waals surface area contributed by atoms with Gasteiger partial charge in [-0.05, 0) is 79.8 Å². The summed E-state index contributed by atoms with van der Waals surface area (Å²) in [6.07, 6.45) is 9.70. The predicted molar refractivity (Wildman–Crippen MR) is 129 cm³/mol. The van der Waals surface area contributed by atoms with Gasteiger partial charge in [-0.25, -0.2) is 4.57 Å². The Kier molecular flexibility index (Phi) is 5.09. The van der Waals surface area contributed by atoms with Crippen molar-refractivity contribution in [2.24, 2.45) is 7.05 Å². The summed E-state index contributed by atoms with van der Waals surface area (Å²) in [6.45, 7) is 6.59. The van der Waals surface area contributed by atoms with Gasteiger partial charge in [-0.1, -0.05) is 42.7 Å². The molecule has 31 heavy (non-hydrogen) atoms. The molecule has 1 aliphatic rings. The van der Waals surface area contributed by atoms with Gasteiger partial charge in [0, 0.05) is 28.8 Å². The molecule has 1 aliphatic carbocycles. The summed E-state index contributed by atoms with van der Waals surface area (Å²) in [4.78, 5) is 4.81. The maximum atomic E-state index is 4.81. The first-order chi connectivity index (χ1) is 15.0. The van der Waals surface area contributed by atoms with Gasteiger partial charge in [0.1, 0.15) is 7.05 Å². The number of aromatic nitrogens is 2. The van der Waals surface area contributed by atoms with Gasteiger partial charge < -0.3 is 0 Å². The van der Waals surface area contributed by atoms with E-state index in [1.807, 2.05) is 0 Å². The van der Waals surface area contributed by atoms with Crippen LogP contribution in [-0.2, 0) is 7.05 Å². The molecular formula is C29H31N2+. The number of fused-ring (bicyclic) bond motifs is 1. The molecule has 1 saturated carbocycles. The normalized spacial score (nSPS) is 14.5. The van der Waals surface area contributed by atoms with Crippen molar-refractivity contribution in [1.29, 1.82) is 0 Å². The lowest BCUT2D eigenvalue weighted by molar-refractivity contribution is -0.659. The summed E-state index contributed by atoms with van der Waals surface area (Å²) in [5.74, 6) is 0.712. The van der Waals surface area contributed by atoms with E-state index >= 15 is 0 Å². The highest BCUT2D eigenvalue weighted by Crippen LogP contribution is 2.34. The van der Waals surface area contributed by atoms with E-state index in [1.54, 1.807) is 0 Å². The number of hydrogen-bond acceptors (Lipinski definition) is 1. The van der Waals surface area contributed by atoms with Crippen molar-refractivity contribution in [3.63, 3.8) is 0 Å². The van der Waals surface area contributed by atoms with Gasteiger partial charge in [-0.15, -0.1) is 0 Å². The maximum Gasteiger partial charge on any atom is 0.213 e. The second-order valence-electron chi connectivity index (χ2n) is 9.33. The lowest BCUT2D eigenvalue weighted by Gasteiger charge is -2.11. The molecule has 0 radical (unpaired) electrons. The molecule has 2 nitrogen and oxygen atoms in total. The monoisotopic (exact) mass is 407 g/mol. The van der Waals surface area contributed by atoms with Crippen LogP contribution in [0.2, 0.25) is 0 Å². The zero-order valence-electron chi connectivity index (χ0n) is 19.1. The summed E-state index contributed by atoms with van der Waals surface area (Å²) < 4.78 is 2.25. The zero-order chi connectivity index (χ0) is 21.5. The molecule has 0 aliphatic heterocycles. The number of pyridine rings is 2. The van der Waals surface area contributed by atoms with Gasteiger partial charge in [-0.2, -0.15) is 0 Å². The minimum atomic E-state index is 0.712. The van der Waals surface area contributed by atoms with Crippen LogP contribution in [0.3, 0.4) is 0 Å². The Morgan fingerprint density at radius 3 is 2.42 bits per heavy atom. The molecule has 4 aromatic rings. The Bertz CT molecular complexity index is 1260. The van der Waals surface area contributed by atoms with Crippen LogP contribution in [0, 0.1) is 20.8 Å². The topological polar surface area (TPSA) is 16.8 Å². The first-order valence-corrected chi connectivity index (χ1v) is 11.5. The molecule has 0 unspecified atom stereocenters. The number of hydrogen-bond donors (Lipinski definition) is 0. The largest absolute Gasteiger partial charge is 0.256 e. The molecule has 2 heterocycles. The second-order valence-corrected chi connectivity index (χ2v) is 9.33. The standard InChI is InChI=1S/C29H31N2/c1-19-13-20(2)21(3)27(14-19)29-16-23-9-10-24(15-26(23)18-31(29)4)28-12-11-25(17-30-28)22-7-5-6-8-22/h9-18,22H,5-8H2,1-4H3/q+1. The van der Waals surface area contributed by atoms with Crippen molar-refractivity contribution in [3.05, 3.63) is 83.2 Å². The Morgan fingerprint density at radius 2 is 1.68 bits per heavy atom. The molecule has 2 aromatic heterocycles.